The first kappa shape index (κ1) is 16.5. The van der Waals surface area contributed by atoms with Crippen molar-refractivity contribution in [3.05, 3.63) is 29.8 Å². The molecule has 0 aromatic heterocycles. The molecule has 2 unspecified atom stereocenters. The molecule has 4 heteroatoms. The highest BCUT2D eigenvalue weighted by Crippen LogP contribution is 2.47. The lowest BCUT2D eigenvalue weighted by Gasteiger charge is -2.36. The molecule has 1 N–H and O–H groups in total. The van der Waals surface area contributed by atoms with Gasteiger partial charge in [0.15, 0.2) is 9.84 Å². The van der Waals surface area contributed by atoms with Gasteiger partial charge < -0.3 is 5.32 Å². The van der Waals surface area contributed by atoms with Gasteiger partial charge in [-0.1, -0.05) is 45.4 Å². The topological polar surface area (TPSA) is 46.2 Å². The van der Waals surface area contributed by atoms with E-state index >= 15 is 0 Å². The first-order chi connectivity index (χ1) is 9.94. The normalized spacial score (nSPS) is 22.7. The van der Waals surface area contributed by atoms with Crippen molar-refractivity contribution < 1.29 is 8.42 Å². The summed E-state index contributed by atoms with van der Waals surface area (Å²) in [6, 6.07) is 7.54. The maximum Gasteiger partial charge on any atom is 0.179 e. The molecule has 1 aliphatic rings. The van der Waals surface area contributed by atoms with E-state index in [2.05, 4.69) is 26.1 Å². The number of fused-ring (bicyclic) bond motifs is 1. The minimum Gasteiger partial charge on any atom is -0.316 e. The summed E-state index contributed by atoms with van der Waals surface area (Å²) >= 11 is 0. The van der Waals surface area contributed by atoms with E-state index in [9.17, 15) is 8.42 Å². The van der Waals surface area contributed by atoms with Crippen LogP contribution in [0.5, 0.6) is 0 Å². The van der Waals surface area contributed by atoms with Crippen molar-refractivity contribution in [1.29, 1.82) is 0 Å². The molecule has 1 aromatic rings. The van der Waals surface area contributed by atoms with E-state index in [-0.39, 0.29) is 17.1 Å². The maximum absolute atomic E-state index is 12.4. The first-order valence-corrected chi connectivity index (χ1v) is 9.62. The summed E-state index contributed by atoms with van der Waals surface area (Å²) in [5.41, 5.74) is 1.01. The number of hydrogen-bond donors (Lipinski definition) is 1. The molecule has 3 nitrogen and oxygen atoms in total. The van der Waals surface area contributed by atoms with Crippen LogP contribution in [0.2, 0.25) is 0 Å². The Hall–Kier alpha value is -0.870. The number of nitrogens with one attached hydrogen (secondary N) is 1. The summed E-state index contributed by atoms with van der Waals surface area (Å²) in [5.74, 6) is 0.361. The second kappa shape index (κ2) is 6.49. The highest BCUT2D eigenvalue weighted by Gasteiger charge is 2.44. The summed E-state index contributed by atoms with van der Waals surface area (Å²) in [6.07, 6.45) is 3.21. The van der Waals surface area contributed by atoms with Crippen LogP contribution in [0.1, 0.15) is 51.5 Å². The third kappa shape index (κ3) is 3.32. The Labute approximate surface area is 129 Å². The Morgan fingerprint density at radius 3 is 2.62 bits per heavy atom. The summed E-state index contributed by atoms with van der Waals surface area (Å²) < 4.78 is 24.8. The van der Waals surface area contributed by atoms with Gasteiger partial charge in [0.05, 0.1) is 10.6 Å². The van der Waals surface area contributed by atoms with Crippen molar-refractivity contribution in [2.75, 3.05) is 18.8 Å². The molecule has 21 heavy (non-hydrogen) atoms. The number of rotatable bonds is 7. The van der Waals surface area contributed by atoms with Gasteiger partial charge in [-0.2, -0.15) is 0 Å². The third-order valence-corrected chi connectivity index (χ3v) is 6.45. The zero-order valence-corrected chi connectivity index (χ0v) is 14.2. The SMILES string of the molecule is CCCNCC(C)(CCC)C1CS(=O)(=O)c2ccccc21. The van der Waals surface area contributed by atoms with Crippen LogP contribution in [-0.2, 0) is 9.84 Å². The highest BCUT2D eigenvalue weighted by molar-refractivity contribution is 7.91. The Morgan fingerprint density at radius 2 is 1.95 bits per heavy atom. The fourth-order valence-corrected chi connectivity index (χ4v) is 5.59. The van der Waals surface area contributed by atoms with E-state index in [0.29, 0.717) is 4.90 Å². The molecule has 0 aliphatic carbocycles. The maximum atomic E-state index is 12.4. The van der Waals surface area contributed by atoms with Crippen molar-refractivity contribution in [3.63, 3.8) is 0 Å². The molecule has 1 aromatic carbocycles. The average Bonchev–Trinajstić information content (AvgIpc) is 2.73. The molecule has 0 spiro atoms. The van der Waals surface area contributed by atoms with E-state index in [4.69, 9.17) is 0 Å². The molecule has 1 heterocycles. The predicted molar refractivity (Wildman–Crippen MR) is 87.4 cm³/mol. The number of benzene rings is 1. The molecule has 1 aliphatic heterocycles. The number of hydrogen-bond acceptors (Lipinski definition) is 3. The lowest BCUT2D eigenvalue weighted by Crippen LogP contribution is -2.38. The van der Waals surface area contributed by atoms with Crippen molar-refractivity contribution in [2.24, 2.45) is 5.41 Å². The molecule has 0 bridgehead atoms. The van der Waals surface area contributed by atoms with Gasteiger partial charge >= 0.3 is 0 Å². The van der Waals surface area contributed by atoms with Crippen molar-refractivity contribution in [2.45, 2.75) is 50.8 Å². The van der Waals surface area contributed by atoms with Crippen LogP contribution < -0.4 is 5.32 Å². The lowest BCUT2D eigenvalue weighted by molar-refractivity contribution is 0.232. The van der Waals surface area contributed by atoms with Gasteiger partial charge in [-0.15, -0.1) is 0 Å². The summed E-state index contributed by atoms with van der Waals surface area (Å²) in [5, 5.41) is 3.50. The van der Waals surface area contributed by atoms with Crippen LogP contribution in [0.25, 0.3) is 0 Å². The molecule has 2 atom stereocenters. The Kier molecular flexibility index (Phi) is 5.10. The van der Waals surface area contributed by atoms with Gasteiger partial charge in [0.1, 0.15) is 0 Å². The van der Waals surface area contributed by atoms with Crippen LogP contribution in [0.4, 0.5) is 0 Å². The largest absolute Gasteiger partial charge is 0.316 e. The minimum absolute atomic E-state index is 0.0103. The standard InChI is InChI=1S/C17H27NO2S/c1-4-10-17(3,13-18-11-5-2)15-12-21(19,20)16-9-7-6-8-14(15)16/h6-9,15,18H,4-5,10-13H2,1-3H3. The second-order valence-electron chi connectivity index (χ2n) is 6.45. The first-order valence-electron chi connectivity index (χ1n) is 7.97. The van der Waals surface area contributed by atoms with Crippen molar-refractivity contribution in [1.82, 2.24) is 5.32 Å². The fourth-order valence-electron chi connectivity index (χ4n) is 3.53. The zero-order chi connectivity index (χ0) is 15.5. The van der Waals surface area contributed by atoms with Crippen LogP contribution in [0, 0.1) is 5.41 Å². The monoisotopic (exact) mass is 309 g/mol. The van der Waals surface area contributed by atoms with Crippen LogP contribution in [-0.4, -0.2) is 27.3 Å². The summed E-state index contributed by atoms with van der Waals surface area (Å²) in [7, 11) is -3.11. The van der Waals surface area contributed by atoms with Gasteiger partial charge in [0, 0.05) is 12.5 Å². The molecular weight excluding hydrogens is 282 g/mol. The second-order valence-corrected chi connectivity index (χ2v) is 8.46. The average molecular weight is 309 g/mol. The Morgan fingerprint density at radius 1 is 1.24 bits per heavy atom. The van der Waals surface area contributed by atoms with E-state index in [1.165, 1.54) is 0 Å². The van der Waals surface area contributed by atoms with Crippen LogP contribution >= 0.6 is 0 Å². The molecule has 0 amide bonds. The molecular formula is C17H27NO2S. The van der Waals surface area contributed by atoms with Gasteiger partial charge in [-0.25, -0.2) is 8.42 Å². The number of sulfone groups is 1. The predicted octanol–water partition coefficient (Wildman–Crippen LogP) is 3.36. The quantitative estimate of drug-likeness (QED) is 0.786. The van der Waals surface area contributed by atoms with E-state index in [1.807, 2.05) is 18.2 Å². The lowest BCUT2D eigenvalue weighted by atomic mass is 9.71. The van der Waals surface area contributed by atoms with Gasteiger partial charge in [0.25, 0.3) is 0 Å². The molecule has 0 saturated carbocycles. The molecule has 0 fully saturated rings. The van der Waals surface area contributed by atoms with Gasteiger partial charge in [-0.05, 0) is 36.4 Å². The van der Waals surface area contributed by atoms with Crippen LogP contribution in [0.3, 0.4) is 0 Å². The molecule has 118 valence electrons. The molecule has 0 radical (unpaired) electrons. The van der Waals surface area contributed by atoms with Crippen molar-refractivity contribution >= 4 is 9.84 Å². The molecule has 2 rings (SSSR count). The van der Waals surface area contributed by atoms with Crippen LogP contribution in [0.15, 0.2) is 29.2 Å². The fraction of sp³-hybridized carbons (Fsp3) is 0.647. The van der Waals surface area contributed by atoms with E-state index < -0.39 is 9.84 Å². The Bertz CT molecular complexity index is 582. The van der Waals surface area contributed by atoms with Gasteiger partial charge in [-0.3, -0.25) is 0 Å². The Balaban J connectivity index is 2.34. The summed E-state index contributed by atoms with van der Waals surface area (Å²) in [6.45, 7) is 8.43. The zero-order valence-electron chi connectivity index (χ0n) is 13.4. The third-order valence-electron chi connectivity index (χ3n) is 4.63. The van der Waals surface area contributed by atoms with Crippen molar-refractivity contribution in [3.8, 4) is 0 Å². The van der Waals surface area contributed by atoms with E-state index in [0.717, 1.165) is 37.9 Å². The summed E-state index contributed by atoms with van der Waals surface area (Å²) in [4.78, 5) is 0.549. The van der Waals surface area contributed by atoms with Gasteiger partial charge in [0.2, 0.25) is 0 Å². The minimum atomic E-state index is -3.11. The highest BCUT2D eigenvalue weighted by atomic mass is 32.2. The molecule has 0 saturated heterocycles. The van der Waals surface area contributed by atoms with E-state index in [1.54, 1.807) is 6.07 Å². The smallest absolute Gasteiger partial charge is 0.179 e.